The number of imidazole rings is 1. The van der Waals surface area contributed by atoms with Crippen LogP contribution in [0.4, 0.5) is 0 Å². The van der Waals surface area contributed by atoms with Crippen molar-refractivity contribution in [3.05, 3.63) is 17.2 Å². The van der Waals surface area contributed by atoms with E-state index >= 15 is 0 Å². The van der Waals surface area contributed by atoms with Gasteiger partial charge in [0.2, 0.25) is 0 Å². The second kappa shape index (κ2) is 5.66. The highest BCUT2D eigenvalue weighted by Crippen LogP contribution is 2.11. The summed E-state index contributed by atoms with van der Waals surface area (Å²) in [5.41, 5.74) is 0. The summed E-state index contributed by atoms with van der Waals surface area (Å²) in [6.07, 6.45) is 5.45. The zero-order valence-electron chi connectivity index (χ0n) is 9.58. The Hall–Kier alpha value is -0.580. The maximum Gasteiger partial charge on any atom is 0.135 e. The van der Waals surface area contributed by atoms with E-state index in [1.54, 1.807) is 6.20 Å². The lowest BCUT2D eigenvalue weighted by Crippen LogP contribution is -2.37. The molecule has 0 aliphatic carbocycles. The predicted octanol–water partition coefficient (Wildman–Crippen LogP) is 1.73. The first-order valence-electron chi connectivity index (χ1n) is 5.74. The number of nitrogens with zero attached hydrogens (tertiary/aromatic N) is 2. The van der Waals surface area contributed by atoms with Gasteiger partial charge in [0.1, 0.15) is 17.6 Å². The smallest absolute Gasteiger partial charge is 0.135 e. The van der Waals surface area contributed by atoms with Crippen molar-refractivity contribution < 1.29 is 4.74 Å². The minimum absolute atomic E-state index is 0.504. The molecule has 1 aromatic heterocycles. The summed E-state index contributed by atoms with van der Waals surface area (Å²) < 4.78 is 7.49. The molecule has 1 aliphatic heterocycles. The average molecular weight is 244 g/mol. The fraction of sp³-hybridized carbons (Fsp3) is 0.727. The third kappa shape index (κ3) is 2.97. The Balaban J connectivity index is 1.73. The molecule has 0 radical (unpaired) electrons. The van der Waals surface area contributed by atoms with Gasteiger partial charge in [-0.05, 0) is 19.4 Å². The monoisotopic (exact) mass is 243 g/mol. The Bertz CT molecular complexity index is 334. The topological polar surface area (TPSA) is 39.1 Å². The fourth-order valence-electron chi connectivity index (χ4n) is 1.92. The van der Waals surface area contributed by atoms with Gasteiger partial charge in [-0.3, -0.25) is 0 Å². The van der Waals surface area contributed by atoms with Gasteiger partial charge in [0.05, 0.1) is 12.8 Å². The van der Waals surface area contributed by atoms with E-state index in [-0.39, 0.29) is 0 Å². The molecule has 1 aliphatic rings. The first-order chi connectivity index (χ1) is 7.77. The van der Waals surface area contributed by atoms with Crippen LogP contribution in [-0.2, 0) is 18.4 Å². The van der Waals surface area contributed by atoms with Crippen molar-refractivity contribution in [2.24, 2.45) is 7.05 Å². The zero-order valence-corrected chi connectivity index (χ0v) is 10.3. The van der Waals surface area contributed by atoms with E-state index in [0.29, 0.717) is 17.8 Å². The van der Waals surface area contributed by atoms with Crippen LogP contribution in [0.15, 0.2) is 6.20 Å². The molecule has 1 atom stereocenters. The van der Waals surface area contributed by atoms with Crippen molar-refractivity contribution in [1.82, 2.24) is 14.9 Å². The Morgan fingerprint density at radius 3 is 3.12 bits per heavy atom. The molecule has 1 unspecified atom stereocenters. The number of piperidine rings is 1. The molecule has 1 aromatic rings. The third-order valence-corrected chi connectivity index (χ3v) is 3.34. The molecule has 1 fully saturated rings. The number of halogens is 1. The minimum atomic E-state index is 0.504. The fourth-order valence-corrected chi connectivity index (χ4v) is 2.06. The molecule has 2 rings (SSSR count). The standard InChI is InChI=1S/C11H18ClN3O/c1-15-10(12)6-14-11(15)8-16-7-9-4-2-3-5-13-9/h6,9,13H,2-5,7-8H2,1H3. The van der Waals surface area contributed by atoms with Crippen LogP contribution in [-0.4, -0.2) is 28.7 Å². The summed E-state index contributed by atoms with van der Waals surface area (Å²) in [7, 11) is 1.90. The van der Waals surface area contributed by atoms with E-state index in [0.717, 1.165) is 19.0 Å². The molecule has 0 aromatic carbocycles. The normalized spacial score (nSPS) is 21.2. The van der Waals surface area contributed by atoms with Gasteiger partial charge in [-0.2, -0.15) is 0 Å². The van der Waals surface area contributed by atoms with Crippen molar-refractivity contribution in [2.75, 3.05) is 13.2 Å². The van der Waals surface area contributed by atoms with Crippen LogP contribution in [0, 0.1) is 0 Å². The Morgan fingerprint density at radius 2 is 2.50 bits per heavy atom. The summed E-state index contributed by atoms with van der Waals surface area (Å²) in [4.78, 5) is 4.18. The summed E-state index contributed by atoms with van der Waals surface area (Å²) in [6, 6.07) is 0.504. The van der Waals surface area contributed by atoms with Gasteiger partial charge in [-0.25, -0.2) is 4.98 Å². The molecule has 1 N–H and O–H groups in total. The molecule has 16 heavy (non-hydrogen) atoms. The van der Waals surface area contributed by atoms with Gasteiger partial charge in [0.15, 0.2) is 0 Å². The molecule has 1 saturated heterocycles. The lowest BCUT2D eigenvalue weighted by atomic mass is 10.1. The number of hydrogen-bond acceptors (Lipinski definition) is 3. The zero-order chi connectivity index (χ0) is 11.4. The van der Waals surface area contributed by atoms with Gasteiger partial charge in [-0.15, -0.1) is 0 Å². The highest BCUT2D eigenvalue weighted by molar-refractivity contribution is 6.29. The van der Waals surface area contributed by atoms with Gasteiger partial charge in [0.25, 0.3) is 0 Å². The summed E-state index contributed by atoms with van der Waals surface area (Å²) >= 11 is 5.89. The number of aromatic nitrogens is 2. The number of nitrogens with one attached hydrogen (secondary N) is 1. The van der Waals surface area contributed by atoms with Crippen molar-refractivity contribution >= 4 is 11.6 Å². The van der Waals surface area contributed by atoms with Gasteiger partial charge in [0, 0.05) is 13.1 Å². The Kier molecular flexibility index (Phi) is 4.21. The summed E-state index contributed by atoms with van der Waals surface area (Å²) in [5, 5.41) is 4.09. The largest absolute Gasteiger partial charge is 0.372 e. The molecule has 0 saturated carbocycles. The molecule has 5 heteroatoms. The van der Waals surface area contributed by atoms with E-state index in [9.17, 15) is 0 Å². The van der Waals surface area contributed by atoms with Gasteiger partial charge >= 0.3 is 0 Å². The Labute approximate surface area is 101 Å². The van der Waals surface area contributed by atoms with Crippen LogP contribution in [0.25, 0.3) is 0 Å². The van der Waals surface area contributed by atoms with Crippen LogP contribution in [0.2, 0.25) is 5.15 Å². The van der Waals surface area contributed by atoms with E-state index in [1.807, 2.05) is 11.6 Å². The van der Waals surface area contributed by atoms with Crippen molar-refractivity contribution in [3.8, 4) is 0 Å². The Morgan fingerprint density at radius 1 is 1.62 bits per heavy atom. The van der Waals surface area contributed by atoms with Crippen molar-refractivity contribution in [1.29, 1.82) is 0 Å². The second-order valence-electron chi connectivity index (χ2n) is 4.22. The van der Waals surface area contributed by atoms with Crippen LogP contribution in [0.5, 0.6) is 0 Å². The van der Waals surface area contributed by atoms with Crippen LogP contribution < -0.4 is 5.32 Å². The average Bonchev–Trinajstić information content (AvgIpc) is 2.62. The maximum atomic E-state index is 5.89. The van der Waals surface area contributed by atoms with Crippen LogP contribution in [0.3, 0.4) is 0 Å². The third-order valence-electron chi connectivity index (χ3n) is 2.99. The minimum Gasteiger partial charge on any atom is -0.372 e. The number of rotatable bonds is 4. The van der Waals surface area contributed by atoms with E-state index in [4.69, 9.17) is 16.3 Å². The summed E-state index contributed by atoms with van der Waals surface area (Å²) in [6.45, 7) is 2.40. The van der Waals surface area contributed by atoms with Crippen molar-refractivity contribution in [3.63, 3.8) is 0 Å². The van der Waals surface area contributed by atoms with E-state index in [2.05, 4.69) is 10.3 Å². The lowest BCUT2D eigenvalue weighted by Gasteiger charge is -2.23. The van der Waals surface area contributed by atoms with E-state index in [1.165, 1.54) is 19.3 Å². The molecular formula is C11H18ClN3O. The molecule has 0 spiro atoms. The number of ether oxygens (including phenoxy) is 1. The molecular weight excluding hydrogens is 226 g/mol. The van der Waals surface area contributed by atoms with Crippen LogP contribution in [0.1, 0.15) is 25.1 Å². The lowest BCUT2D eigenvalue weighted by molar-refractivity contribution is 0.0854. The first kappa shape index (κ1) is 11.9. The van der Waals surface area contributed by atoms with E-state index < -0.39 is 0 Å². The molecule has 2 heterocycles. The quantitative estimate of drug-likeness (QED) is 0.876. The number of hydrogen-bond donors (Lipinski definition) is 1. The summed E-state index contributed by atoms with van der Waals surface area (Å²) in [5.74, 6) is 0.876. The highest BCUT2D eigenvalue weighted by atomic mass is 35.5. The molecule has 0 amide bonds. The SMILES string of the molecule is Cn1c(Cl)cnc1COCC1CCCCN1. The highest BCUT2D eigenvalue weighted by Gasteiger charge is 2.13. The second-order valence-corrected chi connectivity index (χ2v) is 4.61. The maximum absolute atomic E-state index is 5.89. The van der Waals surface area contributed by atoms with Gasteiger partial charge in [-0.1, -0.05) is 18.0 Å². The first-order valence-corrected chi connectivity index (χ1v) is 6.12. The van der Waals surface area contributed by atoms with Crippen LogP contribution >= 0.6 is 11.6 Å². The van der Waals surface area contributed by atoms with Crippen molar-refractivity contribution in [2.45, 2.75) is 31.9 Å². The van der Waals surface area contributed by atoms with Gasteiger partial charge < -0.3 is 14.6 Å². The molecule has 0 bridgehead atoms. The molecule has 4 nitrogen and oxygen atoms in total. The predicted molar refractivity (Wildman–Crippen MR) is 63.5 cm³/mol. The molecule has 90 valence electrons.